The van der Waals surface area contributed by atoms with E-state index in [2.05, 4.69) is 25.2 Å². The molecule has 0 fully saturated rings. The summed E-state index contributed by atoms with van der Waals surface area (Å²) in [6, 6.07) is -0.817. The Bertz CT molecular complexity index is 488. The van der Waals surface area contributed by atoms with Crippen LogP contribution in [0.2, 0.25) is 0 Å². The molecule has 0 bridgehead atoms. The van der Waals surface area contributed by atoms with Crippen LogP contribution in [0.5, 0.6) is 0 Å². The zero-order chi connectivity index (χ0) is 14.3. The van der Waals surface area contributed by atoms with Crippen molar-refractivity contribution in [2.45, 2.75) is 19.4 Å². The maximum absolute atomic E-state index is 12.0. The van der Waals surface area contributed by atoms with Gasteiger partial charge in [-0.15, -0.1) is 0 Å². The number of thioether (sulfide) groups is 1. The molecule has 10 heteroatoms. The Labute approximate surface area is 116 Å². The number of amides is 1. The molecule has 1 amide bonds. The molecule has 1 heterocycles. The van der Waals surface area contributed by atoms with Crippen LogP contribution in [0.4, 0.5) is 5.95 Å². The van der Waals surface area contributed by atoms with Gasteiger partial charge in [0.05, 0.1) is 5.75 Å². The SMILES string of the molecule is CCS(=O)(=O)NC(CCSC)C(=O)Nc1ncn[nH]1. The van der Waals surface area contributed by atoms with E-state index < -0.39 is 22.0 Å². The molecule has 0 radical (unpaired) electrons. The first-order valence-corrected chi connectivity index (χ1v) is 8.68. The van der Waals surface area contributed by atoms with E-state index >= 15 is 0 Å². The Hall–Kier alpha value is -1.13. The third kappa shape index (κ3) is 5.57. The number of hydrogen-bond donors (Lipinski definition) is 3. The van der Waals surface area contributed by atoms with Crippen LogP contribution in [-0.4, -0.2) is 53.3 Å². The van der Waals surface area contributed by atoms with E-state index in [1.54, 1.807) is 0 Å². The van der Waals surface area contributed by atoms with E-state index in [0.29, 0.717) is 12.2 Å². The Morgan fingerprint density at radius 3 is 2.84 bits per heavy atom. The van der Waals surface area contributed by atoms with Gasteiger partial charge in [0, 0.05) is 0 Å². The molecule has 1 aromatic heterocycles. The standard InChI is InChI=1S/C9H17N5O3S2/c1-3-19(16,17)14-7(4-5-18-2)8(15)12-9-10-6-11-13-9/h6-7,14H,3-5H2,1-2H3,(H2,10,11,12,13,15). The molecule has 0 saturated heterocycles. The van der Waals surface area contributed by atoms with Crippen LogP contribution in [0.25, 0.3) is 0 Å². The summed E-state index contributed by atoms with van der Waals surface area (Å²) < 4.78 is 25.5. The highest BCUT2D eigenvalue weighted by atomic mass is 32.2. The summed E-state index contributed by atoms with van der Waals surface area (Å²) in [6.45, 7) is 1.52. The van der Waals surface area contributed by atoms with Gasteiger partial charge in [-0.1, -0.05) is 0 Å². The van der Waals surface area contributed by atoms with Gasteiger partial charge in [-0.25, -0.2) is 18.2 Å². The minimum absolute atomic E-state index is 0.0711. The highest BCUT2D eigenvalue weighted by molar-refractivity contribution is 7.98. The Morgan fingerprint density at radius 1 is 1.58 bits per heavy atom. The largest absolute Gasteiger partial charge is 0.294 e. The van der Waals surface area contributed by atoms with Crippen molar-refractivity contribution in [2.75, 3.05) is 23.1 Å². The normalized spacial score (nSPS) is 13.2. The van der Waals surface area contributed by atoms with Gasteiger partial charge in [-0.2, -0.15) is 21.8 Å². The average molecular weight is 307 g/mol. The van der Waals surface area contributed by atoms with Crippen molar-refractivity contribution in [3.63, 3.8) is 0 Å². The molecule has 0 spiro atoms. The highest BCUT2D eigenvalue weighted by Gasteiger charge is 2.23. The first-order chi connectivity index (χ1) is 8.98. The van der Waals surface area contributed by atoms with Crippen LogP contribution in [-0.2, 0) is 14.8 Å². The van der Waals surface area contributed by atoms with Gasteiger partial charge in [0.25, 0.3) is 0 Å². The molecule has 1 atom stereocenters. The molecular weight excluding hydrogens is 290 g/mol. The second-order valence-electron chi connectivity index (χ2n) is 3.68. The minimum Gasteiger partial charge on any atom is -0.294 e. The number of aromatic amines is 1. The number of carbonyl (C=O) groups is 1. The lowest BCUT2D eigenvalue weighted by molar-refractivity contribution is -0.117. The summed E-state index contributed by atoms with van der Waals surface area (Å²) in [6.07, 6.45) is 3.54. The van der Waals surface area contributed by atoms with E-state index in [1.807, 2.05) is 6.26 Å². The molecule has 0 saturated carbocycles. The number of hydrogen-bond acceptors (Lipinski definition) is 6. The van der Waals surface area contributed by atoms with E-state index in [-0.39, 0.29) is 11.7 Å². The number of sulfonamides is 1. The van der Waals surface area contributed by atoms with Crippen molar-refractivity contribution in [1.82, 2.24) is 19.9 Å². The van der Waals surface area contributed by atoms with Crippen LogP contribution in [0.15, 0.2) is 6.33 Å². The second kappa shape index (κ2) is 7.46. The molecule has 0 aliphatic heterocycles. The molecule has 108 valence electrons. The van der Waals surface area contributed by atoms with Crippen molar-refractivity contribution in [3.8, 4) is 0 Å². The zero-order valence-corrected chi connectivity index (χ0v) is 12.3. The van der Waals surface area contributed by atoms with Crippen LogP contribution >= 0.6 is 11.8 Å². The van der Waals surface area contributed by atoms with Crippen molar-refractivity contribution < 1.29 is 13.2 Å². The molecule has 0 aromatic carbocycles. The first kappa shape index (κ1) is 15.9. The summed E-state index contributed by atoms with van der Waals surface area (Å²) in [5.74, 6) is 0.330. The maximum Gasteiger partial charge on any atom is 0.244 e. The fourth-order valence-electron chi connectivity index (χ4n) is 1.25. The molecular formula is C9H17N5O3S2. The molecule has 0 aliphatic rings. The quantitative estimate of drug-likeness (QED) is 0.612. The molecule has 3 N–H and O–H groups in total. The molecule has 1 rings (SSSR count). The zero-order valence-electron chi connectivity index (χ0n) is 10.7. The average Bonchev–Trinajstić information content (AvgIpc) is 2.87. The van der Waals surface area contributed by atoms with Crippen molar-refractivity contribution in [3.05, 3.63) is 6.33 Å². The lowest BCUT2D eigenvalue weighted by Gasteiger charge is -2.16. The fraction of sp³-hybridized carbons (Fsp3) is 0.667. The lowest BCUT2D eigenvalue weighted by atomic mass is 10.2. The van der Waals surface area contributed by atoms with E-state index in [1.165, 1.54) is 25.0 Å². The van der Waals surface area contributed by atoms with Crippen molar-refractivity contribution in [2.24, 2.45) is 0 Å². The van der Waals surface area contributed by atoms with E-state index in [4.69, 9.17) is 0 Å². The number of nitrogens with one attached hydrogen (secondary N) is 3. The maximum atomic E-state index is 12.0. The van der Waals surface area contributed by atoms with Crippen LogP contribution in [0.3, 0.4) is 0 Å². The second-order valence-corrected chi connectivity index (χ2v) is 6.71. The van der Waals surface area contributed by atoms with Crippen molar-refractivity contribution >= 4 is 33.6 Å². The number of anilines is 1. The highest BCUT2D eigenvalue weighted by Crippen LogP contribution is 2.05. The van der Waals surface area contributed by atoms with Crippen LogP contribution in [0.1, 0.15) is 13.3 Å². The molecule has 1 aromatic rings. The molecule has 8 nitrogen and oxygen atoms in total. The summed E-state index contributed by atoms with van der Waals surface area (Å²) >= 11 is 1.54. The van der Waals surface area contributed by atoms with Gasteiger partial charge in [0.2, 0.25) is 21.9 Å². The number of aromatic nitrogens is 3. The number of nitrogens with zero attached hydrogens (tertiary/aromatic N) is 2. The Morgan fingerprint density at radius 2 is 2.32 bits per heavy atom. The monoisotopic (exact) mass is 307 g/mol. The van der Waals surface area contributed by atoms with Gasteiger partial charge in [-0.3, -0.25) is 10.1 Å². The van der Waals surface area contributed by atoms with E-state index in [0.717, 1.165) is 0 Å². The summed E-state index contributed by atoms with van der Waals surface area (Å²) in [7, 11) is -3.44. The summed E-state index contributed by atoms with van der Waals surface area (Å²) in [5, 5.41) is 8.55. The topological polar surface area (TPSA) is 117 Å². The number of carbonyl (C=O) groups excluding carboxylic acids is 1. The van der Waals surface area contributed by atoms with Crippen LogP contribution in [0, 0.1) is 0 Å². The lowest BCUT2D eigenvalue weighted by Crippen LogP contribution is -2.44. The van der Waals surface area contributed by atoms with E-state index in [9.17, 15) is 13.2 Å². The van der Waals surface area contributed by atoms with Gasteiger partial charge in [0.1, 0.15) is 12.4 Å². The minimum atomic E-state index is -3.44. The first-order valence-electron chi connectivity index (χ1n) is 5.63. The number of H-pyrrole nitrogens is 1. The fourth-order valence-corrected chi connectivity index (χ4v) is 2.55. The third-order valence-corrected chi connectivity index (χ3v) is 4.33. The predicted molar refractivity (Wildman–Crippen MR) is 74.4 cm³/mol. The Kier molecular flexibility index (Phi) is 6.25. The molecule has 0 aliphatic carbocycles. The predicted octanol–water partition coefficient (Wildman–Crippen LogP) is -0.196. The summed E-state index contributed by atoms with van der Waals surface area (Å²) in [5.41, 5.74) is 0. The van der Waals surface area contributed by atoms with Gasteiger partial charge in [-0.05, 0) is 25.4 Å². The Balaban J connectivity index is 2.69. The van der Waals surface area contributed by atoms with Crippen LogP contribution < -0.4 is 10.0 Å². The number of rotatable bonds is 8. The smallest absolute Gasteiger partial charge is 0.244 e. The third-order valence-electron chi connectivity index (χ3n) is 2.29. The molecule has 19 heavy (non-hydrogen) atoms. The summed E-state index contributed by atoms with van der Waals surface area (Å²) in [4.78, 5) is 15.7. The molecule has 1 unspecified atom stereocenters. The van der Waals surface area contributed by atoms with Gasteiger partial charge < -0.3 is 0 Å². The van der Waals surface area contributed by atoms with Gasteiger partial charge in [0.15, 0.2) is 0 Å². The van der Waals surface area contributed by atoms with Gasteiger partial charge >= 0.3 is 0 Å². The van der Waals surface area contributed by atoms with Crippen molar-refractivity contribution in [1.29, 1.82) is 0 Å².